The van der Waals surface area contributed by atoms with Crippen molar-refractivity contribution in [1.82, 2.24) is 20.5 Å². The lowest BCUT2D eigenvalue weighted by molar-refractivity contribution is 0.242. The van der Waals surface area contributed by atoms with Crippen LogP contribution in [0.15, 0.2) is 53.7 Å². The number of rotatable bonds is 7. The third kappa shape index (κ3) is 7.07. The second-order valence-electron chi connectivity index (χ2n) is 8.24. The maximum Gasteiger partial charge on any atom is 0.191 e. The number of halogens is 1. The smallest absolute Gasteiger partial charge is 0.191 e. The van der Waals surface area contributed by atoms with Crippen molar-refractivity contribution in [1.29, 1.82) is 0 Å². The highest BCUT2D eigenvalue weighted by atomic mass is 127. The zero-order valence-corrected chi connectivity index (χ0v) is 20.6. The number of hydrogen-bond donors (Lipinski definition) is 2. The van der Waals surface area contributed by atoms with Gasteiger partial charge in [-0.3, -0.25) is 14.9 Å². The van der Waals surface area contributed by atoms with E-state index < -0.39 is 0 Å². The van der Waals surface area contributed by atoms with Gasteiger partial charge in [-0.25, -0.2) is 0 Å². The van der Waals surface area contributed by atoms with Crippen molar-refractivity contribution in [3.8, 4) is 5.75 Å². The molecule has 1 aromatic heterocycles. The summed E-state index contributed by atoms with van der Waals surface area (Å²) in [5.74, 6) is 1.73. The minimum Gasteiger partial charge on any atom is -0.487 e. The first-order chi connectivity index (χ1) is 14.8. The summed E-state index contributed by atoms with van der Waals surface area (Å²) in [7, 11) is 1.84. The summed E-state index contributed by atoms with van der Waals surface area (Å²) in [6.45, 7) is 3.56. The number of hydrogen-bond acceptors (Lipinski definition) is 4. The van der Waals surface area contributed by atoms with Gasteiger partial charge in [-0.2, -0.15) is 0 Å². The predicted molar refractivity (Wildman–Crippen MR) is 136 cm³/mol. The predicted octanol–water partition coefficient (Wildman–Crippen LogP) is 3.96. The van der Waals surface area contributed by atoms with Crippen LogP contribution in [0.4, 0.5) is 0 Å². The molecule has 2 aliphatic rings. The molecule has 0 spiro atoms. The molecule has 1 atom stereocenters. The van der Waals surface area contributed by atoms with Crippen molar-refractivity contribution in [2.24, 2.45) is 4.99 Å². The van der Waals surface area contributed by atoms with Crippen LogP contribution in [0.1, 0.15) is 43.4 Å². The Balaban J connectivity index is 0.00000272. The molecule has 0 bridgehead atoms. The van der Waals surface area contributed by atoms with Crippen LogP contribution in [0.3, 0.4) is 0 Å². The molecule has 1 saturated carbocycles. The third-order valence-corrected chi connectivity index (χ3v) is 6.12. The lowest BCUT2D eigenvalue weighted by Gasteiger charge is -2.24. The van der Waals surface area contributed by atoms with Crippen molar-refractivity contribution >= 4 is 29.9 Å². The second kappa shape index (κ2) is 12.2. The number of benzene rings is 1. The normalized spacial score (nSPS) is 19.8. The molecule has 2 aromatic rings. The maximum atomic E-state index is 5.81. The Bertz CT molecular complexity index is 808. The molecule has 2 fully saturated rings. The Labute approximate surface area is 202 Å². The number of nitrogens with one attached hydrogen (secondary N) is 2. The van der Waals surface area contributed by atoms with E-state index in [1.165, 1.54) is 44.2 Å². The van der Waals surface area contributed by atoms with Gasteiger partial charge in [0.2, 0.25) is 0 Å². The van der Waals surface area contributed by atoms with Gasteiger partial charge in [-0.05, 0) is 49.1 Å². The van der Waals surface area contributed by atoms with E-state index in [4.69, 9.17) is 4.74 Å². The zero-order valence-electron chi connectivity index (χ0n) is 18.3. The number of aliphatic imine (C=N–C) groups is 1. The number of nitrogens with zero attached hydrogens (tertiary/aromatic N) is 3. The molecule has 1 unspecified atom stereocenters. The Hall–Kier alpha value is -1.87. The molecule has 0 radical (unpaired) electrons. The second-order valence-corrected chi connectivity index (χ2v) is 8.24. The van der Waals surface area contributed by atoms with Crippen LogP contribution in [-0.2, 0) is 13.2 Å². The number of likely N-dealkylation sites (tertiary alicyclic amines) is 1. The first kappa shape index (κ1) is 23.8. The van der Waals surface area contributed by atoms with Crippen LogP contribution in [0.2, 0.25) is 0 Å². The van der Waals surface area contributed by atoms with Gasteiger partial charge >= 0.3 is 0 Å². The van der Waals surface area contributed by atoms with Crippen molar-refractivity contribution in [2.45, 2.75) is 57.3 Å². The molecule has 1 aliphatic heterocycles. The van der Waals surface area contributed by atoms with Crippen LogP contribution < -0.4 is 15.4 Å². The Kier molecular flexibility index (Phi) is 9.39. The monoisotopic (exact) mass is 535 g/mol. The molecule has 168 valence electrons. The van der Waals surface area contributed by atoms with Gasteiger partial charge in [0.05, 0.1) is 5.69 Å². The number of guanidine groups is 1. The van der Waals surface area contributed by atoms with Gasteiger partial charge < -0.3 is 15.4 Å². The van der Waals surface area contributed by atoms with Gasteiger partial charge in [-0.15, -0.1) is 24.0 Å². The van der Waals surface area contributed by atoms with Gasteiger partial charge in [0.25, 0.3) is 0 Å². The standard InChI is InChI=1S/C24H33N5O.HI/c1-25-24(28-20-13-15-29(17-20)22-7-2-3-8-22)27-16-19-9-11-23(12-10-19)30-18-21-6-4-5-14-26-21;/h4-6,9-12,14,20,22H,2-3,7-8,13,15-18H2,1H3,(H2,25,27,28);1H. The van der Waals surface area contributed by atoms with E-state index in [1.807, 2.05) is 37.4 Å². The van der Waals surface area contributed by atoms with E-state index >= 15 is 0 Å². The Morgan fingerprint density at radius 2 is 1.94 bits per heavy atom. The molecule has 4 rings (SSSR count). The minimum atomic E-state index is 0. The first-order valence-electron chi connectivity index (χ1n) is 11.1. The molecule has 0 amide bonds. The lowest BCUT2D eigenvalue weighted by Crippen LogP contribution is -2.45. The van der Waals surface area contributed by atoms with Crippen molar-refractivity contribution in [2.75, 3.05) is 20.1 Å². The van der Waals surface area contributed by atoms with E-state index in [0.717, 1.165) is 36.5 Å². The molecule has 31 heavy (non-hydrogen) atoms. The van der Waals surface area contributed by atoms with Crippen LogP contribution in [0.25, 0.3) is 0 Å². The molecule has 2 N–H and O–H groups in total. The molecule has 1 aromatic carbocycles. The van der Waals surface area contributed by atoms with Crippen LogP contribution >= 0.6 is 24.0 Å². The Morgan fingerprint density at radius 3 is 2.65 bits per heavy atom. The molecule has 6 nitrogen and oxygen atoms in total. The van der Waals surface area contributed by atoms with E-state index in [1.54, 1.807) is 6.20 Å². The van der Waals surface area contributed by atoms with E-state index in [0.29, 0.717) is 12.6 Å². The lowest BCUT2D eigenvalue weighted by atomic mass is 10.2. The van der Waals surface area contributed by atoms with Crippen LogP contribution in [0.5, 0.6) is 5.75 Å². The summed E-state index contributed by atoms with van der Waals surface area (Å²) in [4.78, 5) is 11.4. The summed E-state index contributed by atoms with van der Waals surface area (Å²) in [6, 6.07) is 15.3. The SMILES string of the molecule is CN=C(NCc1ccc(OCc2ccccn2)cc1)NC1CCN(C2CCCC2)C1.I. The van der Waals surface area contributed by atoms with Crippen molar-refractivity contribution < 1.29 is 4.74 Å². The molecule has 7 heteroatoms. The summed E-state index contributed by atoms with van der Waals surface area (Å²) in [6.07, 6.45) is 8.53. The molecule has 1 aliphatic carbocycles. The summed E-state index contributed by atoms with van der Waals surface area (Å²) in [5.41, 5.74) is 2.12. The summed E-state index contributed by atoms with van der Waals surface area (Å²) < 4.78 is 5.81. The highest BCUT2D eigenvalue weighted by molar-refractivity contribution is 14.0. The highest BCUT2D eigenvalue weighted by Crippen LogP contribution is 2.26. The van der Waals surface area contributed by atoms with Gasteiger partial charge in [-0.1, -0.05) is 31.0 Å². The molecule has 1 saturated heterocycles. The summed E-state index contributed by atoms with van der Waals surface area (Å²) >= 11 is 0. The van der Waals surface area contributed by atoms with Crippen LogP contribution in [-0.4, -0.2) is 48.1 Å². The van der Waals surface area contributed by atoms with E-state index in [-0.39, 0.29) is 24.0 Å². The number of pyridine rings is 1. The topological polar surface area (TPSA) is 61.8 Å². The summed E-state index contributed by atoms with van der Waals surface area (Å²) in [5, 5.41) is 7.05. The average Bonchev–Trinajstić information content (AvgIpc) is 3.49. The maximum absolute atomic E-state index is 5.81. The molecular formula is C24H34IN5O. The third-order valence-electron chi connectivity index (χ3n) is 6.12. The first-order valence-corrected chi connectivity index (χ1v) is 11.1. The van der Waals surface area contributed by atoms with E-state index in [9.17, 15) is 0 Å². The highest BCUT2D eigenvalue weighted by Gasteiger charge is 2.30. The largest absolute Gasteiger partial charge is 0.487 e. The number of ether oxygens (including phenoxy) is 1. The van der Waals surface area contributed by atoms with E-state index in [2.05, 4.69) is 37.6 Å². The fraction of sp³-hybridized carbons (Fsp3) is 0.500. The zero-order chi connectivity index (χ0) is 20.6. The number of aromatic nitrogens is 1. The molecule has 2 heterocycles. The fourth-order valence-corrected chi connectivity index (χ4v) is 4.42. The van der Waals surface area contributed by atoms with Gasteiger partial charge in [0.1, 0.15) is 12.4 Å². The average molecular weight is 535 g/mol. The minimum absolute atomic E-state index is 0. The quantitative estimate of drug-likeness (QED) is 0.320. The van der Waals surface area contributed by atoms with Crippen molar-refractivity contribution in [3.63, 3.8) is 0 Å². The molecular weight excluding hydrogens is 501 g/mol. The van der Waals surface area contributed by atoms with Crippen molar-refractivity contribution in [3.05, 3.63) is 59.9 Å². The van der Waals surface area contributed by atoms with Crippen LogP contribution in [0, 0.1) is 0 Å². The van der Waals surface area contributed by atoms with Gasteiger partial charge in [0, 0.05) is 45.0 Å². The fourth-order valence-electron chi connectivity index (χ4n) is 4.42. The Morgan fingerprint density at radius 1 is 1.13 bits per heavy atom. The van der Waals surface area contributed by atoms with Gasteiger partial charge in [0.15, 0.2) is 5.96 Å².